The van der Waals surface area contributed by atoms with Gasteiger partial charge in [-0.1, -0.05) is 19.4 Å². The third kappa shape index (κ3) is 2.65. The average Bonchev–Trinajstić information content (AvgIpc) is 2.94. The summed E-state index contributed by atoms with van der Waals surface area (Å²) in [6.07, 6.45) is 5.59. The molecule has 150 valence electrons. The van der Waals surface area contributed by atoms with Gasteiger partial charge in [0.25, 0.3) is 0 Å². The smallest absolute Gasteiger partial charge is 0.305 e. The average molecular weight is 376 g/mol. The van der Waals surface area contributed by atoms with E-state index in [0.29, 0.717) is 24.7 Å². The number of hydrogen-bond donors (Lipinski definition) is 2. The van der Waals surface area contributed by atoms with Crippen molar-refractivity contribution in [3.05, 3.63) is 11.6 Å². The van der Waals surface area contributed by atoms with Crippen LogP contribution in [-0.4, -0.2) is 41.3 Å². The number of ketones is 1. The molecule has 0 saturated heterocycles. The van der Waals surface area contributed by atoms with Gasteiger partial charge in [-0.05, 0) is 67.3 Å². The Morgan fingerprint density at radius 1 is 1.19 bits per heavy atom. The molecule has 4 aliphatic rings. The summed E-state index contributed by atoms with van der Waals surface area (Å²) in [6.45, 7) is 4.39. The van der Waals surface area contributed by atoms with Crippen LogP contribution in [0.25, 0.3) is 0 Å². The highest BCUT2D eigenvalue weighted by Crippen LogP contribution is 2.67. The highest BCUT2D eigenvalue weighted by molar-refractivity contribution is 5.92. The van der Waals surface area contributed by atoms with Gasteiger partial charge in [0.05, 0.1) is 19.3 Å². The number of fused-ring (bicyclic) bond motifs is 5. The molecule has 0 amide bonds. The van der Waals surface area contributed by atoms with Gasteiger partial charge in [-0.3, -0.25) is 9.59 Å². The zero-order valence-corrected chi connectivity index (χ0v) is 16.6. The Hall–Kier alpha value is -1.20. The second-order valence-electron chi connectivity index (χ2n) is 9.80. The Morgan fingerprint density at radius 3 is 2.63 bits per heavy atom. The third-order valence-electron chi connectivity index (χ3n) is 8.93. The van der Waals surface area contributed by atoms with Crippen LogP contribution in [0.5, 0.6) is 0 Å². The number of carbonyl (C=O) groups is 2. The third-order valence-corrected chi connectivity index (χ3v) is 8.93. The Kier molecular flexibility index (Phi) is 4.54. The molecule has 4 rings (SSSR count). The summed E-state index contributed by atoms with van der Waals surface area (Å²) in [7, 11) is 1.44. The van der Waals surface area contributed by atoms with E-state index in [2.05, 4.69) is 13.8 Å². The van der Waals surface area contributed by atoms with Crippen molar-refractivity contribution in [1.29, 1.82) is 0 Å². The second-order valence-corrected chi connectivity index (χ2v) is 9.80. The minimum absolute atomic E-state index is 0.0275. The van der Waals surface area contributed by atoms with Gasteiger partial charge in [-0.25, -0.2) is 0 Å². The lowest BCUT2D eigenvalue weighted by Crippen LogP contribution is -2.59. The number of hydrogen-bond acceptors (Lipinski definition) is 5. The normalized spacial score (nSPS) is 48.9. The first-order valence-electron chi connectivity index (χ1n) is 10.4. The molecule has 5 nitrogen and oxygen atoms in total. The lowest BCUT2D eigenvalue weighted by molar-refractivity contribution is -0.150. The maximum atomic E-state index is 12.0. The van der Waals surface area contributed by atoms with Gasteiger partial charge >= 0.3 is 5.97 Å². The van der Waals surface area contributed by atoms with Crippen LogP contribution in [0.15, 0.2) is 11.6 Å². The van der Waals surface area contributed by atoms with Crippen molar-refractivity contribution in [2.45, 2.75) is 71.0 Å². The molecule has 8 atom stereocenters. The van der Waals surface area contributed by atoms with Crippen LogP contribution in [0.3, 0.4) is 0 Å². The topological polar surface area (TPSA) is 83.8 Å². The molecule has 0 spiro atoms. The summed E-state index contributed by atoms with van der Waals surface area (Å²) in [5.74, 6) is 0.781. The van der Waals surface area contributed by atoms with Gasteiger partial charge in [0.15, 0.2) is 5.78 Å². The van der Waals surface area contributed by atoms with E-state index in [4.69, 9.17) is 4.74 Å². The van der Waals surface area contributed by atoms with E-state index in [1.54, 1.807) is 6.08 Å². The van der Waals surface area contributed by atoms with Crippen LogP contribution in [0, 0.1) is 34.5 Å². The Bertz CT molecular complexity index is 684. The van der Waals surface area contributed by atoms with Gasteiger partial charge in [-0.15, -0.1) is 0 Å². The largest absolute Gasteiger partial charge is 0.469 e. The molecule has 0 heterocycles. The fourth-order valence-corrected chi connectivity index (χ4v) is 7.31. The van der Waals surface area contributed by atoms with Gasteiger partial charge in [0, 0.05) is 18.3 Å². The SMILES string of the molecule is COC(=O)C[C@H]1CC[C@H]2[C@@H]3[C@H](O)CC4=CC(=O)C[C@H](O)[C@]4(C)[C@H]3CC[C@]12C. The van der Waals surface area contributed by atoms with E-state index in [1.807, 2.05) is 0 Å². The molecular weight excluding hydrogens is 344 g/mol. The van der Waals surface area contributed by atoms with Crippen molar-refractivity contribution in [3.8, 4) is 0 Å². The maximum absolute atomic E-state index is 12.0. The molecule has 0 aromatic carbocycles. The van der Waals surface area contributed by atoms with Crippen molar-refractivity contribution < 1.29 is 24.5 Å². The summed E-state index contributed by atoms with van der Waals surface area (Å²) in [6, 6.07) is 0. The lowest BCUT2D eigenvalue weighted by Gasteiger charge is -2.60. The molecule has 0 unspecified atom stereocenters. The number of methoxy groups -OCH3 is 1. The van der Waals surface area contributed by atoms with Crippen LogP contribution < -0.4 is 0 Å². The fraction of sp³-hybridized carbons (Fsp3) is 0.818. The van der Waals surface area contributed by atoms with Gasteiger partial charge in [0.1, 0.15) is 0 Å². The van der Waals surface area contributed by atoms with Gasteiger partial charge < -0.3 is 14.9 Å². The van der Waals surface area contributed by atoms with E-state index in [0.717, 1.165) is 31.3 Å². The van der Waals surface area contributed by atoms with Crippen molar-refractivity contribution in [1.82, 2.24) is 0 Å². The first-order chi connectivity index (χ1) is 12.7. The summed E-state index contributed by atoms with van der Waals surface area (Å²) in [4.78, 5) is 23.9. The molecule has 0 radical (unpaired) electrons. The summed E-state index contributed by atoms with van der Waals surface area (Å²) in [5, 5.41) is 21.9. The molecule has 0 aromatic heterocycles. The quantitative estimate of drug-likeness (QED) is 0.724. The van der Waals surface area contributed by atoms with E-state index >= 15 is 0 Å². The number of ether oxygens (including phenoxy) is 1. The van der Waals surface area contributed by atoms with Crippen molar-refractivity contribution in [2.75, 3.05) is 7.11 Å². The minimum atomic E-state index is -0.665. The molecule has 4 aliphatic carbocycles. The number of aliphatic hydroxyl groups excluding tert-OH is 2. The standard InChI is InChI=1S/C22H32O5/c1-21-7-6-16-20(15(21)5-4-12(21)10-19(26)27-3)17(24)9-13-8-14(23)11-18(25)22(13,16)2/h8,12,15-18,20,24-25H,4-7,9-11H2,1-3H3/t12-,15+,16+,17-,18+,20+,21-,22+/m1/s1. The van der Waals surface area contributed by atoms with E-state index < -0.39 is 17.6 Å². The Labute approximate surface area is 161 Å². The first kappa shape index (κ1) is 19.1. The highest BCUT2D eigenvalue weighted by atomic mass is 16.5. The molecule has 3 saturated carbocycles. The second kappa shape index (κ2) is 6.41. The van der Waals surface area contributed by atoms with Crippen molar-refractivity contribution in [2.24, 2.45) is 34.5 Å². The Balaban J connectivity index is 1.67. The summed E-state index contributed by atoms with van der Waals surface area (Å²) < 4.78 is 4.91. The predicted octanol–water partition coefficient (Wildman–Crippen LogP) is 2.64. The predicted molar refractivity (Wildman–Crippen MR) is 99.6 cm³/mol. The molecule has 2 N–H and O–H groups in total. The maximum Gasteiger partial charge on any atom is 0.305 e. The minimum Gasteiger partial charge on any atom is -0.469 e. The molecule has 3 fully saturated rings. The summed E-state index contributed by atoms with van der Waals surface area (Å²) >= 11 is 0. The van der Waals surface area contributed by atoms with Gasteiger partial charge in [-0.2, -0.15) is 0 Å². The van der Waals surface area contributed by atoms with E-state index in [-0.39, 0.29) is 35.4 Å². The molecule has 0 aliphatic heterocycles. The number of aliphatic hydroxyl groups is 2. The van der Waals surface area contributed by atoms with Crippen LogP contribution in [0.1, 0.15) is 58.8 Å². The van der Waals surface area contributed by atoms with E-state index in [1.165, 1.54) is 7.11 Å². The first-order valence-corrected chi connectivity index (χ1v) is 10.4. The summed E-state index contributed by atoms with van der Waals surface area (Å²) in [5.41, 5.74) is 0.552. The van der Waals surface area contributed by atoms with Crippen LogP contribution >= 0.6 is 0 Å². The molecule has 27 heavy (non-hydrogen) atoms. The lowest BCUT2D eigenvalue weighted by atomic mass is 9.45. The molecule has 0 bridgehead atoms. The number of esters is 1. The zero-order valence-electron chi connectivity index (χ0n) is 16.6. The van der Waals surface area contributed by atoms with Crippen LogP contribution in [0.4, 0.5) is 0 Å². The number of carbonyl (C=O) groups excluding carboxylic acids is 2. The van der Waals surface area contributed by atoms with Gasteiger partial charge in [0.2, 0.25) is 0 Å². The Morgan fingerprint density at radius 2 is 1.93 bits per heavy atom. The fourth-order valence-electron chi connectivity index (χ4n) is 7.31. The zero-order chi connectivity index (χ0) is 19.6. The monoisotopic (exact) mass is 376 g/mol. The molecule has 5 heteroatoms. The molecular formula is C22H32O5. The molecule has 0 aromatic rings. The van der Waals surface area contributed by atoms with E-state index in [9.17, 15) is 19.8 Å². The van der Waals surface area contributed by atoms with Crippen molar-refractivity contribution in [3.63, 3.8) is 0 Å². The highest BCUT2D eigenvalue weighted by Gasteiger charge is 2.63. The number of rotatable bonds is 2. The van der Waals surface area contributed by atoms with Crippen LogP contribution in [0.2, 0.25) is 0 Å². The van der Waals surface area contributed by atoms with Crippen LogP contribution in [-0.2, 0) is 14.3 Å². The van der Waals surface area contributed by atoms with Crippen molar-refractivity contribution >= 4 is 11.8 Å².